The Labute approximate surface area is 139 Å². The van der Waals surface area contributed by atoms with Gasteiger partial charge in [0.2, 0.25) is 0 Å². The van der Waals surface area contributed by atoms with E-state index < -0.39 is 16.1 Å². The third-order valence-electron chi connectivity index (χ3n) is 3.53. The van der Waals surface area contributed by atoms with E-state index >= 15 is 0 Å². The van der Waals surface area contributed by atoms with Crippen LogP contribution in [-0.4, -0.2) is 27.5 Å². The highest BCUT2D eigenvalue weighted by Gasteiger charge is 2.25. The van der Waals surface area contributed by atoms with Gasteiger partial charge in [-0.25, -0.2) is 8.42 Å². The van der Waals surface area contributed by atoms with Gasteiger partial charge in [0, 0.05) is 5.69 Å². The van der Waals surface area contributed by atoms with Crippen LogP contribution in [-0.2, 0) is 14.8 Å². The predicted octanol–water partition coefficient (Wildman–Crippen LogP) is 2.22. The Morgan fingerprint density at radius 3 is 2.54 bits per heavy atom. The highest BCUT2D eigenvalue weighted by atomic mass is 32.2. The SMILES string of the molecule is COc1ccc(NS(=O)(=O)c2ccc3c(c2)NC(=O)C(C)O3)cc1. The van der Waals surface area contributed by atoms with Crippen molar-refractivity contribution in [2.75, 3.05) is 17.1 Å². The highest BCUT2D eigenvalue weighted by molar-refractivity contribution is 7.92. The molecule has 2 aromatic rings. The number of nitrogens with one attached hydrogen (secondary N) is 2. The Morgan fingerprint density at radius 2 is 1.88 bits per heavy atom. The fourth-order valence-electron chi connectivity index (χ4n) is 2.23. The van der Waals surface area contributed by atoms with Gasteiger partial charge in [-0.1, -0.05) is 0 Å². The first kappa shape index (κ1) is 16.1. The Bertz CT molecular complexity index is 878. The van der Waals surface area contributed by atoms with Gasteiger partial charge in [0.05, 0.1) is 17.7 Å². The topological polar surface area (TPSA) is 93.7 Å². The zero-order chi connectivity index (χ0) is 17.3. The van der Waals surface area contributed by atoms with Gasteiger partial charge in [0.25, 0.3) is 15.9 Å². The lowest BCUT2D eigenvalue weighted by Crippen LogP contribution is -2.34. The zero-order valence-corrected chi connectivity index (χ0v) is 13.9. The Hall–Kier alpha value is -2.74. The quantitative estimate of drug-likeness (QED) is 0.883. The number of benzene rings is 2. The standard InChI is InChI=1S/C16H16N2O5S/c1-10-16(19)17-14-9-13(7-8-15(14)23-10)24(20,21)18-11-3-5-12(22-2)6-4-11/h3-10,18H,1-2H3,(H,17,19). The van der Waals surface area contributed by atoms with E-state index in [-0.39, 0.29) is 10.8 Å². The van der Waals surface area contributed by atoms with Gasteiger partial charge in [0.15, 0.2) is 6.10 Å². The van der Waals surface area contributed by atoms with E-state index in [9.17, 15) is 13.2 Å². The maximum Gasteiger partial charge on any atom is 0.265 e. The molecule has 1 atom stereocenters. The predicted molar refractivity (Wildman–Crippen MR) is 89.0 cm³/mol. The first-order valence-corrected chi connectivity index (χ1v) is 8.66. The Balaban J connectivity index is 1.87. The summed E-state index contributed by atoms with van der Waals surface area (Å²) < 4.78 is 37.9. The number of amides is 1. The minimum Gasteiger partial charge on any atom is -0.497 e. The number of hydrogen-bond acceptors (Lipinski definition) is 5. The first-order valence-electron chi connectivity index (χ1n) is 7.17. The number of anilines is 2. The van der Waals surface area contributed by atoms with E-state index in [2.05, 4.69) is 10.0 Å². The van der Waals surface area contributed by atoms with Gasteiger partial charge in [-0.05, 0) is 49.4 Å². The smallest absolute Gasteiger partial charge is 0.265 e. The summed E-state index contributed by atoms with van der Waals surface area (Å²) in [6.45, 7) is 1.62. The molecule has 0 saturated carbocycles. The second-order valence-electron chi connectivity index (χ2n) is 5.24. The fraction of sp³-hybridized carbons (Fsp3) is 0.188. The molecule has 1 aliphatic rings. The summed E-state index contributed by atoms with van der Waals surface area (Å²) >= 11 is 0. The maximum absolute atomic E-state index is 12.5. The second-order valence-corrected chi connectivity index (χ2v) is 6.92. The molecule has 8 heteroatoms. The molecule has 1 amide bonds. The van der Waals surface area contributed by atoms with Crippen LogP contribution in [0.1, 0.15) is 6.92 Å². The zero-order valence-electron chi connectivity index (χ0n) is 13.1. The number of hydrogen-bond donors (Lipinski definition) is 2. The Morgan fingerprint density at radius 1 is 1.17 bits per heavy atom. The normalized spacial score (nSPS) is 16.6. The van der Waals surface area contributed by atoms with Crippen molar-refractivity contribution in [2.24, 2.45) is 0 Å². The number of carbonyl (C=O) groups is 1. The van der Waals surface area contributed by atoms with E-state index in [0.29, 0.717) is 22.9 Å². The summed E-state index contributed by atoms with van der Waals surface area (Å²) in [4.78, 5) is 11.7. The molecule has 0 radical (unpaired) electrons. The van der Waals surface area contributed by atoms with Crippen LogP contribution in [0.4, 0.5) is 11.4 Å². The van der Waals surface area contributed by atoms with E-state index in [1.165, 1.54) is 25.3 Å². The molecule has 1 heterocycles. The largest absolute Gasteiger partial charge is 0.497 e. The van der Waals surface area contributed by atoms with Crippen LogP contribution in [0.3, 0.4) is 0 Å². The van der Waals surface area contributed by atoms with Gasteiger partial charge in [-0.15, -0.1) is 0 Å². The lowest BCUT2D eigenvalue weighted by atomic mass is 10.2. The molecule has 3 rings (SSSR count). The van der Waals surface area contributed by atoms with Crippen molar-refractivity contribution >= 4 is 27.3 Å². The molecule has 24 heavy (non-hydrogen) atoms. The van der Waals surface area contributed by atoms with Gasteiger partial charge in [0.1, 0.15) is 11.5 Å². The van der Waals surface area contributed by atoms with Crippen molar-refractivity contribution in [3.05, 3.63) is 42.5 Å². The van der Waals surface area contributed by atoms with Gasteiger partial charge in [-0.2, -0.15) is 0 Å². The number of sulfonamides is 1. The molecule has 1 unspecified atom stereocenters. The lowest BCUT2D eigenvalue weighted by molar-refractivity contribution is -0.122. The number of carbonyl (C=O) groups excluding carboxylic acids is 1. The molecule has 2 N–H and O–H groups in total. The van der Waals surface area contributed by atoms with Gasteiger partial charge in [-0.3, -0.25) is 9.52 Å². The molecule has 2 aromatic carbocycles. The summed E-state index contributed by atoms with van der Waals surface area (Å²) in [6, 6.07) is 10.8. The van der Waals surface area contributed by atoms with Crippen LogP contribution in [0.15, 0.2) is 47.4 Å². The van der Waals surface area contributed by atoms with E-state index in [1.54, 1.807) is 31.2 Å². The molecular weight excluding hydrogens is 332 g/mol. The van der Waals surface area contributed by atoms with Gasteiger partial charge < -0.3 is 14.8 Å². The molecule has 7 nitrogen and oxygen atoms in total. The minimum absolute atomic E-state index is 0.0236. The van der Waals surface area contributed by atoms with Crippen LogP contribution in [0.25, 0.3) is 0 Å². The molecule has 0 bridgehead atoms. The van der Waals surface area contributed by atoms with E-state index in [1.807, 2.05) is 0 Å². The summed E-state index contributed by atoms with van der Waals surface area (Å²) in [5.74, 6) is 0.742. The van der Waals surface area contributed by atoms with Crippen LogP contribution in [0, 0.1) is 0 Å². The van der Waals surface area contributed by atoms with Gasteiger partial charge >= 0.3 is 0 Å². The fourth-order valence-corrected chi connectivity index (χ4v) is 3.31. The number of methoxy groups -OCH3 is 1. The van der Waals surface area contributed by atoms with Crippen LogP contribution in [0.5, 0.6) is 11.5 Å². The number of rotatable bonds is 4. The Kier molecular flexibility index (Phi) is 4.06. The van der Waals surface area contributed by atoms with Crippen molar-refractivity contribution in [2.45, 2.75) is 17.9 Å². The monoisotopic (exact) mass is 348 g/mol. The van der Waals surface area contributed by atoms with E-state index in [0.717, 1.165) is 0 Å². The summed E-state index contributed by atoms with van der Waals surface area (Å²) in [7, 11) is -2.26. The van der Waals surface area contributed by atoms with Crippen LogP contribution >= 0.6 is 0 Å². The first-order chi connectivity index (χ1) is 11.4. The molecule has 0 aromatic heterocycles. The van der Waals surface area contributed by atoms with Crippen molar-refractivity contribution in [1.29, 1.82) is 0 Å². The molecule has 0 aliphatic carbocycles. The highest BCUT2D eigenvalue weighted by Crippen LogP contribution is 2.32. The van der Waals surface area contributed by atoms with Crippen molar-refractivity contribution < 1.29 is 22.7 Å². The second kappa shape index (κ2) is 6.04. The molecular formula is C16H16N2O5S. The minimum atomic E-state index is -3.80. The van der Waals surface area contributed by atoms with Crippen molar-refractivity contribution in [1.82, 2.24) is 0 Å². The average molecular weight is 348 g/mol. The number of ether oxygens (including phenoxy) is 2. The molecule has 0 saturated heterocycles. The number of fused-ring (bicyclic) bond motifs is 1. The molecule has 126 valence electrons. The van der Waals surface area contributed by atoms with Crippen molar-refractivity contribution in [3.8, 4) is 11.5 Å². The lowest BCUT2D eigenvalue weighted by Gasteiger charge is -2.23. The molecule has 1 aliphatic heterocycles. The van der Waals surface area contributed by atoms with Crippen LogP contribution < -0.4 is 19.5 Å². The molecule has 0 spiro atoms. The summed E-state index contributed by atoms with van der Waals surface area (Å²) in [5.41, 5.74) is 0.734. The third kappa shape index (κ3) is 3.13. The maximum atomic E-state index is 12.5. The van der Waals surface area contributed by atoms with Crippen LogP contribution in [0.2, 0.25) is 0 Å². The summed E-state index contributed by atoms with van der Waals surface area (Å²) in [5, 5.41) is 2.63. The van der Waals surface area contributed by atoms with Crippen molar-refractivity contribution in [3.63, 3.8) is 0 Å². The van der Waals surface area contributed by atoms with E-state index in [4.69, 9.17) is 9.47 Å². The average Bonchev–Trinajstić information content (AvgIpc) is 2.56. The summed E-state index contributed by atoms with van der Waals surface area (Å²) in [6.07, 6.45) is -0.614. The third-order valence-corrected chi connectivity index (χ3v) is 4.91. The molecule has 0 fully saturated rings.